The van der Waals surface area contributed by atoms with Gasteiger partial charge >= 0.3 is 0 Å². The van der Waals surface area contributed by atoms with Gasteiger partial charge in [-0.1, -0.05) is 41.5 Å². The highest BCUT2D eigenvalue weighted by Gasteiger charge is 2.26. The molecule has 0 spiro atoms. The molecule has 0 aliphatic rings. The van der Waals surface area contributed by atoms with Gasteiger partial charge in [-0.25, -0.2) is 0 Å². The zero-order valence-corrected chi connectivity index (χ0v) is 14.4. The number of benzene rings is 1. The van der Waals surface area contributed by atoms with Crippen LogP contribution in [0.4, 0.5) is 0 Å². The summed E-state index contributed by atoms with van der Waals surface area (Å²) in [6.45, 7) is 14.8. The largest absolute Gasteiger partial charge is 0.507 e. The predicted octanol–water partition coefficient (Wildman–Crippen LogP) is 4.85. The Kier molecular flexibility index (Phi) is 4.86. The molecular formula is C17H26O2S. The van der Waals surface area contributed by atoms with Gasteiger partial charge in [-0.15, -0.1) is 0 Å². The molecule has 0 bridgehead atoms. The van der Waals surface area contributed by atoms with Crippen LogP contribution in [0.25, 0.3) is 0 Å². The Bertz CT molecular complexity index is 470. The van der Waals surface area contributed by atoms with E-state index in [-0.39, 0.29) is 10.8 Å². The lowest BCUT2D eigenvalue weighted by atomic mass is 9.78. The third-order valence-corrected chi connectivity index (χ3v) is 3.35. The van der Waals surface area contributed by atoms with E-state index in [2.05, 4.69) is 41.5 Å². The number of rotatable bonds is 2. The Hall–Kier alpha value is -1.09. The van der Waals surface area contributed by atoms with Crippen molar-refractivity contribution in [1.82, 2.24) is 0 Å². The molecule has 0 unspecified atom stereocenters. The summed E-state index contributed by atoms with van der Waals surface area (Å²) in [5.74, 6) is 0.396. The summed E-state index contributed by atoms with van der Waals surface area (Å²) in [6, 6.07) is 4.03. The zero-order valence-electron chi connectivity index (χ0n) is 13.6. The van der Waals surface area contributed by atoms with Gasteiger partial charge in [0.05, 0.1) is 0 Å². The molecule has 1 aromatic carbocycles. The third-order valence-electron chi connectivity index (χ3n) is 3.23. The summed E-state index contributed by atoms with van der Waals surface area (Å²) in [6.07, 6.45) is 0. The second-order valence-electron chi connectivity index (χ2n) is 7.32. The molecule has 20 heavy (non-hydrogen) atoms. The average Bonchev–Trinajstić information content (AvgIpc) is 2.24. The van der Waals surface area contributed by atoms with Gasteiger partial charge < -0.3 is 9.84 Å². The molecule has 0 radical (unpaired) electrons. The Morgan fingerprint density at radius 3 is 1.75 bits per heavy atom. The highest BCUT2D eigenvalue weighted by molar-refractivity contribution is 7.80. The molecule has 1 rings (SSSR count). The Labute approximate surface area is 128 Å². The zero-order chi connectivity index (χ0) is 15.7. The minimum Gasteiger partial charge on any atom is -0.507 e. The van der Waals surface area contributed by atoms with E-state index in [0.717, 1.165) is 16.7 Å². The van der Waals surface area contributed by atoms with Crippen LogP contribution < -0.4 is 0 Å². The van der Waals surface area contributed by atoms with Crippen molar-refractivity contribution in [1.29, 1.82) is 0 Å². The van der Waals surface area contributed by atoms with E-state index in [1.54, 1.807) is 6.92 Å². The Balaban J connectivity index is 3.38. The molecule has 0 atom stereocenters. The van der Waals surface area contributed by atoms with Crippen molar-refractivity contribution in [3.8, 4) is 5.75 Å². The summed E-state index contributed by atoms with van der Waals surface area (Å²) >= 11 is 4.96. The molecule has 0 aromatic heterocycles. The maximum absolute atomic E-state index is 10.6. The summed E-state index contributed by atoms with van der Waals surface area (Å²) in [4.78, 5) is 0. The fraction of sp³-hybridized carbons (Fsp3) is 0.588. The lowest BCUT2D eigenvalue weighted by Crippen LogP contribution is -2.18. The Morgan fingerprint density at radius 1 is 1.05 bits per heavy atom. The standard InChI is InChI=1S/C17H26O2S/c1-11(20)19-10-12-8-13(16(2,3)4)15(18)14(9-12)17(5,6)7/h8-9,18H,10H2,1-7H3. The van der Waals surface area contributed by atoms with Crippen molar-refractivity contribution in [3.05, 3.63) is 28.8 Å². The highest BCUT2D eigenvalue weighted by atomic mass is 32.1. The second kappa shape index (κ2) is 5.72. The van der Waals surface area contributed by atoms with Crippen LogP contribution in [0.1, 0.15) is 65.2 Å². The summed E-state index contributed by atoms with van der Waals surface area (Å²) in [5, 5.41) is 11.1. The van der Waals surface area contributed by atoms with E-state index < -0.39 is 0 Å². The molecular weight excluding hydrogens is 268 g/mol. The van der Waals surface area contributed by atoms with Crippen LogP contribution in [0.5, 0.6) is 5.75 Å². The minimum atomic E-state index is -0.118. The normalized spacial score (nSPS) is 12.3. The molecule has 0 fully saturated rings. The SMILES string of the molecule is CC(=S)OCc1cc(C(C)(C)C)c(O)c(C(C)(C)C)c1. The smallest absolute Gasteiger partial charge is 0.157 e. The van der Waals surface area contributed by atoms with Gasteiger partial charge in [-0.2, -0.15) is 0 Å². The first kappa shape index (κ1) is 17.0. The third kappa shape index (κ3) is 4.20. The van der Waals surface area contributed by atoms with E-state index in [9.17, 15) is 5.11 Å². The molecule has 3 heteroatoms. The maximum Gasteiger partial charge on any atom is 0.157 e. The van der Waals surface area contributed by atoms with Gasteiger partial charge in [0.15, 0.2) is 5.05 Å². The van der Waals surface area contributed by atoms with E-state index in [0.29, 0.717) is 17.4 Å². The molecule has 0 aliphatic heterocycles. The topological polar surface area (TPSA) is 29.5 Å². The number of ether oxygens (including phenoxy) is 1. The number of hydrogen-bond acceptors (Lipinski definition) is 3. The monoisotopic (exact) mass is 294 g/mol. The van der Waals surface area contributed by atoms with Crippen molar-refractivity contribution in [2.75, 3.05) is 0 Å². The van der Waals surface area contributed by atoms with Gasteiger partial charge in [0, 0.05) is 6.92 Å². The average molecular weight is 294 g/mol. The van der Waals surface area contributed by atoms with Crippen LogP contribution in [-0.4, -0.2) is 10.2 Å². The number of aromatic hydroxyl groups is 1. The van der Waals surface area contributed by atoms with Crippen LogP contribution in [-0.2, 0) is 22.2 Å². The fourth-order valence-corrected chi connectivity index (χ4v) is 2.16. The van der Waals surface area contributed by atoms with E-state index in [1.165, 1.54) is 0 Å². The summed E-state index contributed by atoms with van der Waals surface area (Å²) < 4.78 is 5.45. The quantitative estimate of drug-likeness (QED) is 0.791. The van der Waals surface area contributed by atoms with E-state index in [1.807, 2.05) is 12.1 Å². The molecule has 0 amide bonds. The van der Waals surface area contributed by atoms with Gasteiger partial charge in [0.2, 0.25) is 0 Å². The van der Waals surface area contributed by atoms with Crippen molar-refractivity contribution < 1.29 is 9.84 Å². The molecule has 0 saturated carbocycles. The molecule has 0 aliphatic carbocycles. The van der Waals surface area contributed by atoms with Crippen molar-refractivity contribution in [2.45, 2.75) is 65.9 Å². The molecule has 2 nitrogen and oxygen atoms in total. The number of phenols is 1. The molecule has 0 heterocycles. The second-order valence-corrected chi connectivity index (χ2v) is 7.89. The first-order valence-corrected chi connectivity index (χ1v) is 7.34. The summed E-state index contributed by atoms with van der Waals surface area (Å²) in [5.41, 5.74) is 2.71. The van der Waals surface area contributed by atoms with E-state index in [4.69, 9.17) is 17.0 Å². The van der Waals surface area contributed by atoms with Gasteiger partial charge in [-0.05, 0) is 51.9 Å². The number of phenolic OH excluding ortho intramolecular Hbond substituents is 1. The molecule has 1 aromatic rings. The van der Waals surface area contributed by atoms with Crippen LogP contribution >= 0.6 is 12.2 Å². The highest BCUT2D eigenvalue weighted by Crippen LogP contribution is 2.39. The lowest BCUT2D eigenvalue weighted by Gasteiger charge is -2.28. The van der Waals surface area contributed by atoms with E-state index >= 15 is 0 Å². The molecule has 112 valence electrons. The maximum atomic E-state index is 10.6. The number of hydrogen-bond donors (Lipinski definition) is 1. The van der Waals surface area contributed by atoms with Gasteiger partial charge in [-0.3, -0.25) is 0 Å². The van der Waals surface area contributed by atoms with Gasteiger partial charge in [0.25, 0.3) is 0 Å². The fourth-order valence-electron chi connectivity index (χ4n) is 2.11. The first-order valence-electron chi connectivity index (χ1n) is 6.93. The van der Waals surface area contributed by atoms with Crippen LogP contribution in [0.3, 0.4) is 0 Å². The van der Waals surface area contributed by atoms with Crippen molar-refractivity contribution in [3.63, 3.8) is 0 Å². The van der Waals surface area contributed by atoms with Crippen molar-refractivity contribution in [2.24, 2.45) is 0 Å². The van der Waals surface area contributed by atoms with Crippen LogP contribution in [0.2, 0.25) is 0 Å². The first-order chi connectivity index (χ1) is 8.93. The molecule has 0 saturated heterocycles. The van der Waals surface area contributed by atoms with Crippen molar-refractivity contribution >= 4 is 17.3 Å². The predicted molar refractivity (Wildman–Crippen MR) is 88.6 cm³/mol. The van der Waals surface area contributed by atoms with Crippen LogP contribution in [0.15, 0.2) is 12.1 Å². The van der Waals surface area contributed by atoms with Gasteiger partial charge in [0.1, 0.15) is 12.4 Å². The molecule has 1 N–H and O–H groups in total. The Morgan fingerprint density at radius 2 is 1.45 bits per heavy atom. The lowest BCUT2D eigenvalue weighted by molar-refractivity contribution is 0.297. The summed E-state index contributed by atoms with van der Waals surface area (Å²) in [7, 11) is 0. The van der Waals surface area contributed by atoms with Crippen LogP contribution in [0, 0.1) is 0 Å². The minimum absolute atomic E-state index is 0.118. The number of thiocarbonyl (C=S) groups is 1.